The largest absolute Gasteiger partial charge is 0.480 e. The van der Waals surface area contributed by atoms with Gasteiger partial charge in [0.25, 0.3) is 0 Å². The lowest BCUT2D eigenvalue weighted by atomic mass is 9.87. The van der Waals surface area contributed by atoms with Gasteiger partial charge in [0.15, 0.2) is 0 Å². The maximum Gasteiger partial charge on any atom is 0.326 e. The van der Waals surface area contributed by atoms with Gasteiger partial charge >= 0.3 is 12.0 Å². The lowest BCUT2D eigenvalue weighted by Crippen LogP contribution is -2.52. The number of carbonyl (C=O) groups is 2. The van der Waals surface area contributed by atoms with Crippen LogP contribution in [0.4, 0.5) is 4.79 Å². The molecule has 0 heterocycles. The van der Waals surface area contributed by atoms with E-state index < -0.39 is 23.5 Å². The van der Waals surface area contributed by atoms with Gasteiger partial charge in [0.1, 0.15) is 6.04 Å². The number of halogens is 1. The summed E-state index contributed by atoms with van der Waals surface area (Å²) < 4.78 is 0. The number of aliphatic carboxylic acids is 1. The first-order chi connectivity index (χ1) is 9.61. The Kier molecular flexibility index (Phi) is 5.61. The molecule has 2 amide bonds. The number of nitrogens with one attached hydrogen (secondary N) is 1. The summed E-state index contributed by atoms with van der Waals surface area (Å²) in [5.41, 5.74) is 0.307. The molecule has 21 heavy (non-hydrogen) atoms. The van der Waals surface area contributed by atoms with E-state index >= 15 is 0 Å². The van der Waals surface area contributed by atoms with Crippen molar-refractivity contribution in [1.82, 2.24) is 10.2 Å². The summed E-state index contributed by atoms with van der Waals surface area (Å²) >= 11 is 5.90. The quantitative estimate of drug-likeness (QED) is 0.898. The van der Waals surface area contributed by atoms with E-state index in [1.54, 1.807) is 46.0 Å². The van der Waals surface area contributed by atoms with E-state index in [-0.39, 0.29) is 0 Å². The summed E-state index contributed by atoms with van der Waals surface area (Å²) in [5, 5.41) is 12.4. The maximum atomic E-state index is 12.1. The number of rotatable bonds is 4. The van der Waals surface area contributed by atoms with Gasteiger partial charge in [-0.25, -0.2) is 9.59 Å². The zero-order valence-electron chi connectivity index (χ0n) is 12.7. The average Bonchev–Trinajstić information content (AvgIpc) is 2.33. The molecule has 6 heteroatoms. The van der Waals surface area contributed by atoms with Gasteiger partial charge in [0, 0.05) is 18.6 Å². The fourth-order valence-electron chi connectivity index (χ4n) is 1.86. The molecular formula is C15H21ClN2O3. The van der Waals surface area contributed by atoms with Crippen molar-refractivity contribution in [2.24, 2.45) is 5.41 Å². The molecule has 0 aliphatic heterocycles. The third-order valence-electron chi connectivity index (χ3n) is 3.04. The van der Waals surface area contributed by atoms with E-state index in [9.17, 15) is 14.7 Å². The number of carboxylic acid groups (broad SMARTS) is 1. The monoisotopic (exact) mass is 312 g/mol. The van der Waals surface area contributed by atoms with Crippen LogP contribution in [0.3, 0.4) is 0 Å². The van der Waals surface area contributed by atoms with Gasteiger partial charge in [-0.1, -0.05) is 44.5 Å². The van der Waals surface area contributed by atoms with Gasteiger partial charge in [-0.2, -0.15) is 0 Å². The highest BCUT2D eigenvalue weighted by atomic mass is 35.5. The normalized spacial score (nSPS) is 12.6. The smallest absolute Gasteiger partial charge is 0.326 e. The number of nitrogens with zero attached hydrogens (tertiary/aromatic N) is 1. The predicted molar refractivity (Wildman–Crippen MR) is 82.3 cm³/mol. The Hall–Kier alpha value is -1.75. The van der Waals surface area contributed by atoms with E-state index in [1.807, 2.05) is 6.07 Å². The minimum Gasteiger partial charge on any atom is -0.480 e. The van der Waals surface area contributed by atoms with E-state index in [1.165, 1.54) is 4.90 Å². The zero-order chi connectivity index (χ0) is 16.2. The van der Waals surface area contributed by atoms with Crippen LogP contribution < -0.4 is 5.32 Å². The van der Waals surface area contributed by atoms with Crippen molar-refractivity contribution in [2.75, 3.05) is 7.05 Å². The molecule has 1 aromatic rings. The van der Waals surface area contributed by atoms with Crippen LogP contribution in [-0.2, 0) is 11.3 Å². The average molecular weight is 313 g/mol. The number of amides is 2. The van der Waals surface area contributed by atoms with Gasteiger partial charge in [0.05, 0.1) is 0 Å². The van der Waals surface area contributed by atoms with Crippen molar-refractivity contribution in [2.45, 2.75) is 33.4 Å². The highest BCUT2D eigenvalue weighted by molar-refractivity contribution is 6.30. The molecule has 1 aromatic carbocycles. The van der Waals surface area contributed by atoms with Gasteiger partial charge in [-0.15, -0.1) is 0 Å². The van der Waals surface area contributed by atoms with E-state index in [2.05, 4.69) is 5.32 Å². The number of benzene rings is 1. The topological polar surface area (TPSA) is 69.6 Å². The Morgan fingerprint density at radius 1 is 1.38 bits per heavy atom. The number of hydrogen-bond acceptors (Lipinski definition) is 2. The fourth-order valence-corrected chi connectivity index (χ4v) is 2.08. The molecule has 0 fully saturated rings. The molecule has 1 atom stereocenters. The first-order valence-corrected chi connectivity index (χ1v) is 6.98. The highest BCUT2D eigenvalue weighted by Crippen LogP contribution is 2.20. The van der Waals surface area contributed by atoms with Crippen LogP contribution in [0.1, 0.15) is 26.3 Å². The molecule has 0 aliphatic carbocycles. The van der Waals surface area contributed by atoms with Crippen molar-refractivity contribution in [3.63, 3.8) is 0 Å². The van der Waals surface area contributed by atoms with Crippen LogP contribution in [0.15, 0.2) is 24.3 Å². The fraction of sp³-hybridized carbons (Fsp3) is 0.467. The number of urea groups is 1. The summed E-state index contributed by atoms with van der Waals surface area (Å²) in [7, 11) is 1.61. The van der Waals surface area contributed by atoms with Crippen molar-refractivity contribution in [3.8, 4) is 0 Å². The van der Waals surface area contributed by atoms with E-state index in [4.69, 9.17) is 11.6 Å². The van der Waals surface area contributed by atoms with Gasteiger partial charge in [-0.05, 0) is 23.1 Å². The first-order valence-electron chi connectivity index (χ1n) is 6.60. The molecule has 0 radical (unpaired) electrons. The van der Waals surface area contributed by atoms with Crippen LogP contribution in [-0.4, -0.2) is 35.1 Å². The zero-order valence-corrected chi connectivity index (χ0v) is 13.4. The predicted octanol–water partition coefficient (Wildman–Crippen LogP) is 2.98. The summed E-state index contributed by atoms with van der Waals surface area (Å²) in [6.45, 7) is 5.65. The molecule has 5 nitrogen and oxygen atoms in total. The molecule has 0 aromatic heterocycles. The lowest BCUT2D eigenvalue weighted by molar-refractivity contribution is -0.142. The van der Waals surface area contributed by atoms with Crippen molar-refractivity contribution in [3.05, 3.63) is 34.9 Å². The maximum absolute atomic E-state index is 12.1. The SMILES string of the molecule is CN(Cc1cccc(Cl)c1)C(=O)N[C@@H](C(=O)O)C(C)(C)C. The number of hydrogen-bond donors (Lipinski definition) is 2. The second-order valence-corrected chi connectivity index (χ2v) is 6.51. The summed E-state index contributed by atoms with van der Waals surface area (Å²) in [6.07, 6.45) is 0. The van der Waals surface area contributed by atoms with Gasteiger partial charge in [0.2, 0.25) is 0 Å². The van der Waals surface area contributed by atoms with Crippen molar-refractivity contribution < 1.29 is 14.7 Å². The third-order valence-corrected chi connectivity index (χ3v) is 3.27. The molecule has 116 valence electrons. The minimum atomic E-state index is -1.05. The van der Waals surface area contributed by atoms with Crippen LogP contribution in [0.5, 0.6) is 0 Å². The second kappa shape index (κ2) is 6.80. The Balaban J connectivity index is 2.72. The number of carbonyl (C=O) groups excluding carboxylic acids is 1. The van der Waals surface area contributed by atoms with Crippen molar-refractivity contribution in [1.29, 1.82) is 0 Å². The lowest BCUT2D eigenvalue weighted by Gasteiger charge is -2.29. The third kappa shape index (κ3) is 5.27. The summed E-state index contributed by atoms with van der Waals surface area (Å²) in [4.78, 5) is 24.8. The highest BCUT2D eigenvalue weighted by Gasteiger charge is 2.33. The Morgan fingerprint density at radius 3 is 2.48 bits per heavy atom. The number of carboxylic acids is 1. The molecule has 2 N–H and O–H groups in total. The Bertz CT molecular complexity index is 526. The van der Waals surface area contributed by atoms with Crippen LogP contribution in [0.2, 0.25) is 5.02 Å². The summed E-state index contributed by atoms with van der Waals surface area (Å²) in [5.74, 6) is -1.05. The molecule has 0 saturated heterocycles. The Labute approximate surface area is 129 Å². The minimum absolute atomic E-state index is 0.350. The van der Waals surface area contributed by atoms with Crippen LogP contribution in [0.25, 0.3) is 0 Å². The molecule has 0 saturated carbocycles. The van der Waals surface area contributed by atoms with Gasteiger partial charge in [-0.3, -0.25) is 0 Å². The van der Waals surface area contributed by atoms with Crippen LogP contribution in [0, 0.1) is 5.41 Å². The standard InChI is InChI=1S/C15H21ClN2O3/c1-15(2,3)12(13(19)20)17-14(21)18(4)9-10-6-5-7-11(16)8-10/h5-8,12H,9H2,1-4H3,(H,17,21)(H,19,20)/t12-/m0/s1. The molecule has 0 spiro atoms. The van der Waals surface area contributed by atoms with Crippen molar-refractivity contribution >= 4 is 23.6 Å². The van der Waals surface area contributed by atoms with E-state index in [0.717, 1.165) is 5.56 Å². The molecule has 0 unspecified atom stereocenters. The summed E-state index contributed by atoms with van der Waals surface area (Å²) in [6, 6.07) is 5.80. The molecule has 1 rings (SSSR count). The molecular weight excluding hydrogens is 292 g/mol. The molecule has 0 aliphatic rings. The first kappa shape index (κ1) is 17.3. The van der Waals surface area contributed by atoms with E-state index in [0.29, 0.717) is 11.6 Å². The molecule has 0 bridgehead atoms. The second-order valence-electron chi connectivity index (χ2n) is 6.07. The Morgan fingerprint density at radius 2 is 2.00 bits per heavy atom. The van der Waals surface area contributed by atoms with Gasteiger partial charge < -0.3 is 15.3 Å². The van der Waals surface area contributed by atoms with Crippen LogP contribution >= 0.6 is 11.6 Å².